The van der Waals surface area contributed by atoms with Crippen LogP contribution in [0.25, 0.3) is 4.85 Å². The van der Waals surface area contributed by atoms with E-state index < -0.39 is 0 Å². The van der Waals surface area contributed by atoms with E-state index in [-0.39, 0.29) is 0 Å². The van der Waals surface area contributed by atoms with Crippen molar-refractivity contribution < 1.29 is 0 Å². The topological polar surface area (TPSA) is 81.2 Å². The van der Waals surface area contributed by atoms with Gasteiger partial charge in [0, 0.05) is 24.5 Å². The zero-order chi connectivity index (χ0) is 20.9. The smallest absolute Gasteiger partial charge is 0.246 e. The molecule has 0 spiro atoms. The average molecular weight is 402 g/mol. The van der Waals surface area contributed by atoms with Gasteiger partial charge in [0.2, 0.25) is 11.6 Å². The summed E-state index contributed by atoms with van der Waals surface area (Å²) in [6.45, 7) is 12.6. The van der Waals surface area contributed by atoms with Gasteiger partial charge in [-0.1, -0.05) is 12.5 Å². The highest BCUT2D eigenvalue weighted by molar-refractivity contribution is 5.67. The van der Waals surface area contributed by atoms with Gasteiger partial charge >= 0.3 is 0 Å². The second-order valence-corrected chi connectivity index (χ2v) is 8.19. The van der Waals surface area contributed by atoms with E-state index in [0.717, 1.165) is 17.8 Å². The number of nitrogens with zero attached hydrogens (tertiary/aromatic N) is 5. The largest absolute Gasteiger partial charge is 0.378 e. The molecule has 3 heterocycles. The second-order valence-electron chi connectivity index (χ2n) is 8.19. The average Bonchev–Trinajstić information content (AvgIpc) is 2.79. The number of hydrogen-bond donors (Lipinski definition) is 2. The van der Waals surface area contributed by atoms with E-state index in [1.807, 2.05) is 19.1 Å². The summed E-state index contributed by atoms with van der Waals surface area (Å²) in [4.78, 5) is 15.1. The molecule has 7 nitrogen and oxygen atoms in total. The highest BCUT2D eigenvalue weighted by atomic mass is 15.2. The van der Waals surface area contributed by atoms with E-state index in [0.29, 0.717) is 35.0 Å². The summed E-state index contributed by atoms with van der Waals surface area (Å²) in [5, 5.41) is 15.8. The van der Waals surface area contributed by atoms with Crippen molar-refractivity contribution in [2.45, 2.75) is 45.1 Å². The van der Waals surface area contributed by atoms with Crippen LogP contribution in [0.15, 0.2) is 24.4 Å². The lowest BCUT2D eigenvalue weighted by Gasteiger charge is -2.44. The molecule has 0 unspecified atom stereocenters. The fourth-order valence-corrected chi connectivity index (χ4v) is 4.64. The number of benzene rings is 1. The predicted molar refractivity (Wildman–Crippen MR) is 118 cm³/mol. The van der Waals surface area contributed by atoms with Crippen LogP contribution in [-0.2, 0) is 0 Å². The summed E-state index contributed by atoms with van der Waals surface area (Å²) >= 11 is 0. The summed E-state index contributed by atoms with van der Waals surface area (Å²) in [5.41, 5.74) is 2.73. The number of nitrogens with one attached hydrogen (secondary N) is 2. The van der Waals surface area contributed by atoms with Crippen LogP contribution in [0, 0.1) is 30.7 Å². The molecule has 30 heavy (non-hydrogen) atoms. The van der Waals surface area contributed by atoms with Crippen molar-refractivity contribution in [2.24, 2.45) is 5.92 Å². The van der Waals surface area contributed by atoms with Gasteiger partial charge in [-0.15, -0.1) is 0 Å². The van der Waals surface area contributed by atoms with Gasteiger partial charge in [0.25, 0.3) is 0 Å². The Balaban J connectivity index is 1.48. The Hall–Kier alpha value is -3.16. The second kappa shape index (κ2) is 9.11. The van der Waals surface area contributed by atoms with Gasteiger partial charge in [0.1, 0.15) is 5.82 Å². The van der Waals surface area contributed by atoms with Crippen LogP contribution in [-0.4, -0.2) is 40.5 Å². The standard InChI is InChI=1S/C23H27N7/c1-16-8-9-19(12-18(16)13-24)28-23-27-15-20(25-2)22(29-23)26-14-17-6-5-11-30-10-4-3-7-21(17)30/h8-9,12,15,17,21H,3-7,10-11,14H2,1H3,(H2,26,27,28,29)/t17-,21+/m0/s1. The highest BCUT2D eigenvalue weighted by Crippen LogP contribution is 2.32. The summed E-state index contributed by atoms with van der Waals surface area (Å²) in [5.74, 6) is 1.57. The van der Waals surface area contributed by atoms with Crippen molar-refractivity contribution in [3.05, 3.63) is 46.9 Å². The first kappa shape index (κ1) is 20.1. The van der Waals surface area contributed by atoms with Crippen LogP contribution in [0.2, 0.25) is 0 Å². The molecule has 7 heteroatoms. The Labute approximate surface area is 178 Å². The first-order chi connectivity index (χ1) is 14.7. The zero-order valence-corrected chi connectivity index (χ0v) is 17.4. The molecule has 2 atom stereocenters. The third-order valence-corrected chi connectivity index (χ3v) is 6.26. The number of fused-ring (bicyclic) bond motifs is 1. The lowest BCUT2D eigenvalue weighted by atomic mass is 9.83. The molecule has 2 aliphatic rings. The van der Waals surface area contributed by atoms with E-state index in [2.05, 4.69) is 36.4 Å². The fourth-order valence-electron chi connectivity index (χ4n) is 4.64. The Morgan fingerprint density at radius 1 is 1.27 bits per heavy atom. The summed E-state index contributed by atoms with van der Waals surface area (Å²) in [7, 11) is 0. The zero-order valence-electron chi connectivity index (χ0n) is 17.4. The number of aromatic nitrogens is 2. The van der Waals surface area contributed by atoms with Crippen molar-refractivity contribution in [1.29, 1.82) is 5.26 Å². The minimum Gasteiger partial charge on any atom is -0.378 e. The van der Waals surface area contributed by atoms with Crippen LogP contribution < -0.4 is 10.6 Å². The van der Waals surface area contributed by atoms with E-state index in [1.54, 1.807) is 12.3 Å². The van der Waals surface area contributed by atoms with Gasteiger partial charge in [-0.2, -0.15) is 5.26 Å². The molecule has 0 bridgehead atoms. The maximum absolute atomic E-state index is 9.24. The molecule has 1 aromatic heterocycles. The molecule has 2 fully saturated rings. The number of hydrogen-bond acceptors (Lipinski definition) is 6. The Bertz CT molecular complexity index is 986. The van der Waals surface area contributed by atoms with Gasteiger partial charge in [-0.05, 0) is 69.3 Å². The first-order valence-electron chi connectivity index (χ1n) is 10.7. The molecule has 0 aliphatic carbocycles. The summed E-state index contributed by atoms with van der Waals surface area (Å²) < 4.78 is 0. The number of nitriles is 1. The lowest BCUT2D eigenvalue weighted by Crippen LogP contribution is -2.49. The third-order valence-electron chi connectivity index (χ3n) is 6.26. The molecule has 2 aliphatic heterocycles. The molecule has 154 valence electrons. The molecule has 2 aromatic rings. The Morgan fingerprint density at radius 3 is 2.97 bits per heavy atom. The molecule has 0 radical (unpaired) electrons. The molecule has 0 saturated carbocycles. The maximum Gasteiger partial charge on any atom is 0.246 e. The molecule has 4 rings (SSSR count). The SMILES string of the molecule is [C-]#[N+]c1cnc(Nc2ccc(C)c(C#N)c2)nc1NC[C@@H]1CCCN2CCCC[C@H]12. The van der Waals surface area contributed by atoms with E-state index >= 15 is 0 Å². The van der Waals surface area contributed by atoms with Crippen molar-refractivity contribution in [3.8, 4) is 6.07 Å². The fraction of sp³-hybridized carbons (Fsp3) is 0.478. The number of aryl methyl sites for hydroxylation is 1. The Kier molecular flexibility index (Phi) is 6.11. The minimum atomic E-state index is 0.417. The third kappa shape index (κ3) is 4.37. The monoisotopic (exact) mass is 401 g/mol. The van der Waals surface area contributed by atoms with Crippen LogP contribution in [0.3, 0.4) is 0 Å². The lowest BCUT2D eigenvalue weighted by molar-refractivity contribution is 0.0649. The number of anilines is 3. The summed E-state index contributed by atoms with van der Waals surface area (Å²) in [6, 6.07) is 8.42. The van der Waals surface area contributed by atoms with Crippen LogP contribution in [0.5, 0.6) is 0 Å². The van der Waals surface area contributed by atoms with E-state index in [1.165, 1.54) is 45.2 Å². The number of piperidine rings is 2. The van der Waals surface area contributed by atoms with Crippen LogP contribution >= 0.6 is 0 Å². The highest BCUT2D eigenvalue weighted by Gasteiger charge is 2.32. The molecule has 2 N–H and O–H groups in total. The Morgan fingerprint density at radius 2 is 2.13 bits per heavy atom. The molecule has 2 saturated heterocycles. The van der Waals surface area contributed by atoms with Gasteiger partial charge < -0.3 is 15.5 Å². The van der Waals surface area contributed by atoms with E-state index in [4.69, 9.17) is 6.57 Å². The van der Waals surface area contributed by atoms with Crippen molar-refractivity contribution >= 4 is 23.1 Å². The minimum absolute atomic E-state index is 0.417. The van der Waals surface area contributed by atoms with Gasteiger partial charge in [-0.25, -0.2) is 14.8 Å². The van der Waals surface area contributed by atoms with Gasteiger partial charge in [0.05, 0.1) is 18.2 Å². The first-order valence-corrected chi connectivity index (χ1v) is 10.7. The molecular weight excluding hydrogens is 374 g/mol. The number of rotatable bonds is 5. The van der Waals surface area contributed by atoms with Crippen molar-refractivity contribution in [3.63, 3.8) is 0 Å². The molecule has 0 amide bonds. The molecular formula is C23H27N7. The van der Waals surface area contributed by atoms with E-state index in [9.17, 15) is 5.26 Å². The normalized spacial score (nSPS) is 21.2. The van der Waals surface area contributed by atoms with Gasteiger partial charge in [-0.3, -0.25) is 0 Å². The van der Waals surface area contributed by atoms with Crippen molar-refractivity contribution in [2.75, 3.05) is 30.3 Å². The summed E-state index contributed by atoms with van der Waals surface area (Å²) in [6.07, 6.45) is 7.91. The molecule has 1 aromatic carbocycles. The maximum atomic E-state index is 9.24. The van der Waals surface area contributed by atoms with Gasteiger partial charge in [0.15, 0.2) is 0 Å². The predicted octanol–water partition coefficient (Wildman–Crippen LogP) is 4.63. The van der Waals surface area contributed by atoms with Crippen LogP contribution in [0.4, 0.5) is 23.1 Å². The quantitative estimate of drug-likeness (QED) is 0.711. The van der Waals surface area contributed by atoms with Crippen LogP contribution in [0.1, 0.15) is 43.2 Å². The van der Waals surface area contributed by atoms with Crippen molar-refractivity contribution in [1.82, 2.24) is 14.9 Å².